The normalized spacial score (nSPS) is 24.7. The molecule has 0 amide bonds. The maximum atomic E-state index is 4.61. The molecule has 0 N–H and O–H groups in total. The first-order chi connectivity index (χ1) is 16.9. The minimum absolute atomic E-state index is 0.755. The summed E-state index contributed by atoms with van der Waals surface area (Å²) in [5.74, 6) is 4.54. The van der Waals surface area contributed by atoms with Gasteiger partial charge in [-0.2, -0.15) is 0 Å². The molecule has 0 heteroatoms. The fourth-order valence-corrected chi connectivity index (χ4v) is 7.06. The Morgan fingerprint density at radius 2 is 1.14 bits per heavy atom. The molecule has 2 aliphatic carbocycles. The van der Waals surface area contributed by atoms with Gasteiger partial charge in [0.15, 0.2) is 0 Å². The summed E-state index contributed by atoms with van der Waals surface area (Å²) in [4.78, 5) is 0. The zero-order valence-electron chi connectivity index (χ0n) is 25.2. The van der Waals surface area contributed by atoms with E-state index in [1.165, 1.54) is 141 Å². The van der Waals surface area contributed by atoms with Gasteiger partial charge in [0.25, 0.3) is 0 Å². The molecule has 2 rings (SSSR count). The van der Waals surface area contributed by atoms with Crippen LogP contribution in [0.5, 0.6) is 0 Å². The van der Waals surface area contributed by atoms with E-state index >= 15 is 0 Å². The fourth-order valence-electron chi connectivity index (χ4n) is 7.06. The summed E-state index contributed by atoms with van der Waals surface area (Å²) in [6.45, 7) is 16.6. The molecule has 0 nitrogen and oxygen atoms in total. The quantitative estimate of drug-likeness (QED) is 0.0939. The minimum Gasteiger partial charge on any atom is -0.0993 e. The molecule has 0 aliphatic heterocycles. The van der Waals surface area contributed by atoms with Gasteiger partial charge in [0.05, 0.1) is 0 Å². The van der Waals surface area contributed by atoms with Crippen molar-refractivity contribution in [2.24, 2.45) is 35.0 Å². The predicted molar refractivity (Wildman–Crippen MR) is 159 cm³/mol. The highest BCUT2D eigenvalue weighted by atomic mass is 14.7. The van der Waals surface area contributed by atoms with Crippen molar-refractivity contribution in [3.05, 3.63) is 12.2 Å². The van der Waals surface area contributed by atoms with E-state index in [4.69, 9.17) is 0 Å². The van der Waals surface area contributed by atoms with Crippen LogP contribution in [0.3, 0.4) is 0 Å². The molecule has 0 aromatic heterocycles. The van der Waals surface area contributed by atoms with Crippen molar-refractivity contribution in [2.45, 2.75) is 176 Å². The Balaban J connectivity index is 1.34. The molecule has 2 saturated carbocycles. The standard InChI is InChI=1S/C35H66/c1-7-22-30(4)25-26-33-27-35(33)28-34(35)32(6)31(5)24-21-19-17-15-13-11-9-8-10-12-14-16-18-20-23-29(2)3/h29-31,33-34H,6-28H2,1-5H3. The third kappa shape index (κ3) is 12.2. The molecule has 0 radical (unpaired) electrons. The molecule has 2 fully saturated rings. The molecule has 0 aromatic rings. The van der Waals surface area contributed by atoms with Crippen molar-refractivity contribution in [2.75, 3.05) is 0 Å². The molecule has 2 aliphatic rings. The van der Waals surface area contributed by atoms with E-state index in [2.05, 4.69) is 41.2 Å². The highest BCUT2D eigenvalue weighted by Gasteiger charge is 2.70. The summed E-state index contributed by atoms with van der Waals surface area (Å²) in [6.07, 6.45) is 32.1. The molecule has 0 aromatic carbocycles. The lowest BCUT2D eigenvalue weighted by molar-refractivity contribution is 0.438. The van der Waals surface area contributed by atoms with Crippen LogP contribution < -0.4 is 0 Å². The SMILES string of the molecule is C=C(C(C)CCCCCCCCCCCCCCCCC(C)C)C1CC12CC2CCC(C)CCC. The molecule has 206 valence electrons. The second-order valence-electron chi connectivity index (χ2n) is 13.8. The second-order valence-corrected chi connectivity index (χ2v) is 13.8. The molecule has 1 spiro atoms. The van der Waals surface area contributed by atoms with Crippen molar-refractivity contribution in [3.63, 3.8) is 0 Å². The second kappa shape index (κ2) is 17.3. The maximum absolute atomic E-state index is 4.61. The summed E-state index contributed by atoms with van der Waals surface area (Å²) in [5.41, 5.74) is 2.38. The Kier molecular flexibility index (Phi) is 15.3. The Morgan fingerprint density at radius 1 is 0.657 bits per heavy atom. The van der Waals surface area contributed by atoms with Gasteiger partial charge in [-0.15, -0.1) is 0 Å². The van der Waals surface area contributed by atoms with Crippen molar-refractivity contribution in [1.82, 2.24) is 0 Å². The summed E-state index contributed by atoms with van der Waals surface area (Å²) in [7, 11) is 0. The predicted octanol–water partition coefficient (Wildman–Crippen LogP) is 12.3. The van der Waals surface area contributed by atoms with Gasteiger partial charge in [-0.25, -0.2) is 0 Å². The van der Waals surface area contributed by atoms with Crippen molar-refractivity contribution in [3.8, 4) is 0 Å². The summed E-state index contributed by atoms with van der Waals surface area (Å²) in [5, 5.41) is 0. The van der Waals surface area contributed by atoms with Crippen LogP contribution in [0.4, 0.5) is 0 Å². The molecule has 35 heavy (non-hydrogen) atoms. The van der Waals surface area contributed by atoms with Crippen LogP contribution in [-0.4, -0.2) is 0 Å². The average molecular weight is 487 g/mol. The first-order valence-corrected chi connectivity index (χ1v) is 16.6. The van der Waals surface area contributed by atoms with E-state index < -0.39 is 0 Å². The van der Waals surface area contributed by atoms with Crippen LogP contribution in [0.25, 0.3) is 0 Å². The van der Waals surface area contributed by atoms with Crippen LogP contribution in [0.2, 0.25) is 0 Å². The maximum Gasteiger partial charge on any atom is -0.0138 e. The average Bonchev–Trinajstić information content (AvgIpc) is 3.73. The van der Waals surface area contributed by atoms with Crippen LogP contribution in [-0.2, 0) is 0 Å². The van der Waals surface area contributed by atoms with Crippen LogP contribution in [0.1, 0.15) is 176 Å². The lowest BCUT2D eigenvalue weighted by Crippen LogP contribution is -2.03. The van der Waals surface area contributed by atoms with Crippen LogP contribution in [0, 0.1) is 35.0 Å². The lowest BCUT2D eigenvalue weighted by atomic mass is 9.90. The van der Waals surface area contributed by atoms with Gasteiger partial charge < -0.3 is 0 Å². The molecule has 5 unspecified atom stereocenters. The van der Waals surface area contributed by atoms with E-state index in [1.807, 2.05) is 0 Å². The van der Waals surface area contributed by atoms with E-state index in [1.54, 1.807) is 5.57 Å². The number of hydrogen-bond donors (Lipinski definition) is 0. The Bertz CT molecular complexity index is 544. The Morgan fingerprint density at radius 3 is 1.63 bits per heavy atom. The first kappa shape index (κ1) is 31.0. The van der Waals surface area contributed by atoms with Gasteiger partial charge in [-0.05, 0) is 60.7 Å². The Labute approximate surface area is 222 Å². The van der Waals surface area contributed by atoms with Crippen molar-refractivity contribution >= 4 is 0 Å². The third-order valence-corrected chi connectivity index (χ3v) is 9.94. The number of hydrogen-bond acceptors (Lipinski definition) is 0. The minimum atomic E-state index is 0.755. The van der Waals surface area contributed by atoms with E-state index in [0.29, 0.717) is 0 Å². The molecule has 0 heterocycles. The topological polar surface area (TPSA) is 0 Å². The summed E-state index contributed by atoms with van der Waals surface area (Å²) in [6, 6.07) is 0. The molecular weight excluding hydrogens is 420 g/mol. The number of rotatable bonds is 24. The van der Waals surface area contributed by atoms with Crippen molar-refractivity contribution in [1.29, 1.82) is 0 Å². The highest BCUT2D eigenvalue weighted by Crippen LogP contribution is 2.78. The first-order valence-electron chi connectivity index (χ1n) is 16.6. The van der Waals surface area contributed by atoms with Crippen molar-refractivity contribution < 1.29 is 0 Å². The van der Waals surface area contributed by atoms with Gasteiger partial charge in [-0.1, -0.05) is 162 Å². The van der Waals surface area contributed by atoms with Gasteiger partial charge in [0.1, 0.15) is 0 Å². The highest BCUT2D eigenvalue weighted by molar-refractivity contribution is 5.29. The van der Waals surface area contributed by atoms with E-state index in [0.717, 1.165) is 35.0 Å². The fraction of sp³-hybridized carbons (Fsp3) is 0.943. The van der Waals surface area contributed by atoms with Gasteiger partial charge in [0, 0.05) is 0 Å². The Hall–Kier alpha value is -0.260. The summed E-state index contributed by atoms with van der Waals surface area (Å²) < 4.78 is 0. The smallest absolute Gasteiger partial charge is 0.0138 e. The zero-order valence-corrected chi connectivity index (χ0v) is 25.2. The number of allylic oxidation sites excluding steroid dienone is 1. The van der Waals surface area contributed by atoms with E-state index in [9.17, 15) is 0 Å². The number of unbranched alkanes of at least 4 members (excludes halogenated alkanes) is 13. The molecule has 0 saturated heterocycles. The lowest BCUT2D eigenvalue weighted by Gasteiger charge is -2.15. The van der Waals surface area contributed by atoms with Crippen LogP contribution in [0.15, 0.2) is 12.2 Å². The molecule has 5 atom stereocenters. The zero-order chi connectivity index (χ0) is 25.5. The van der Waals surface area contributed by atoms with Crippen LogP contribution >= 0.6 is 0 Å². The monoisotopic (exact) mass is 487 g/mol. The van der Waals surface area contributed by atoms with Gasteiger partial charge >= 0.3 is 0 Å². The largest absolute Gasteiger partial charge is 0.0993 e. The van der Waals surface area contributed by atoms with E-state index in [-0.39, 0.29) is 0 Å². The molecular formula is C35H66. The summed E-state index contributed by atoms with van der Waals surface area (Å²) >= 11 is 0. The third-order valence-electron chi connectivity index (χ3n) is 9.94. The van der Waals surface area contributed by atoms with Gasteiger partial charge in [0.2, 0.25) is 0 Å². The molecule has 0 bridgehead atoms. The van der Waals surface area contributed by atoms with Gasteiger partial charge in [-0.3, -0.25) is 0 Å².